The molecule has 1 aromatic carbocycles. The van der Waals surface area contributed by atoms with Crippen molar-refractivity contribution in [1.82, 2.24) is 15.2 Å². The zero-order chi connectivity index (χ0) is 18.6. The number of anilines is 1. The number of piperidine rings is 1. The number of H-pyrrole nitrogens is 1. The number of likely N-dealkylation sites (tertiary alicyclic amines) is 1. The van der Waals surface area contributed by atoms with Gasteiger partial charge in [0.15, 0.2) is 0 Å². The molecule has 1 fully saturated rings. The topological polar surface area (TPSA) is 81.8 Å². The smallest absolute Gasteiger partial charge is 0.337 e. The van der Waals surface area contributed by atoms with Gasteiger partial charge in [0.1, 0.15) is 18.3 Å². The van der Waals surface area contributed by atoms with Crippen molar-refractivity contribution in [2.75, 3.05) is 45.3 Å². The van der Waals surface area contributed by atoms with Gasteiger partial charge in [-0.2, -0.15) is 0 Å². The van der Waals surface area contributed by atoms with Crippen molar-refractivity contribution in [2.45, 2.75) is 25.7 Å². The summed E-state index contributed by atoms with van der Waals surface area (Å²) in [5.41, 5.74) is 2.49. The molecule has 0 amide bonds. The molecule has 7 heteroatoms. The lowest BCUT2D eigenvalue weighted by Gasteiger charge is -2.26. The summed E-state index contributed by atoms with van der Waals surface area (Å²) < 4.78 is 4.82. The Morgan fingerprint density at radius 1 is 1.30 bits per heavy atom. The molecule has 0 unspecified atom stereocenters. The van der Waals surface area contributed by atoms with E-state index in [1.165, 1.54) is 39.5 Å². The predicted molar refractivity (Wildman–Crippen MR) is 108 cm³/mol. The van der Waals surface area contributed by atoms with E-state index in [1.807, 2.05) is 12.1 Å². The van der Waals surface area contributed by atoms with Gasteiger partial charge in [0.05, 0.1) is 18.2 Å². The molecule has 0 atom stereocenters. The lowest BCUT2D eigenvalue weighted by molar-refractivity contribution is 0.0601. The molecule has 7 nitrogen and oxygen atoms in total. The van der Waals surface area contributed by atoms with Crippen molar-refractivity contribution in [2.24, 2.45) is 4.99 Å². The minimum Gasteiger partial charge on any atom is -0.465 e. The average molecular weight is 369 g/mol. The van der Waals surface area contributed by atoms with E-state index in [0.717, 1.165) is 47.6 Å². The molecule has 0 radical (unpaired) electrons. The molecule has 144 valence electrons. The third-order valence-corrected chi connectivity index (χ3v) is 5.34. The van der Waals surface area contributed by atoms with Crippen LogP contribution in [-0.4, -0.2) is 61.6 Å². The number of aromatic amines is 1. The quantitative estimate of drug-likeness (QED) is 0.557. The third-order valence-electron chi connectivity index (χ3n) is 5.34. The Labute approximate surface area is 159 Å². The highest BCUT2D eigenvalue weighted by Gasteiger charge is 2.21. The molecule has 3 heterocycles. The summed E-state index contributed by atoms with van der Waals surface area (Å²) in [4.78, 5) is 22.3. The molecule has 1 aromatic heterocycles. The Morgan fingerprint density at radius 3 is 2.96 bits per heavy atom. The molecule has 4 rings (SSSR count). The van der Waals surface area contributed by atoms with Gasteiger partial charge in [0.2, 0.25) is 0 Å². The second-order valence-electron chi connectivity index (χ2n) is 7.15. The van der Waals surface area contributed by atoms with Crippen molar-refractivity contribution in [1.29, 1.82) is 0 Å². The standard InChI is InChI=1S/C20H27N5O2/c1-27-20(26)14-6-7-15-16(12-14)24-19-17(15)18(22-13-23-19)21-8-5-11-25-9-3-2-4-10-25/h6-7,12,23-24H,2-5,8-11,13H2,1H3,(H,21,22). The van der Waals surface area contributed by atoms with Crippen LogP contribution in [0.3, 0.4) is 0 Å². The van der Waals surface area contributed by atoms with E-state index >= 15 is 0 Å². The molecule has 2 aliphatic heterocycles. The molecule has 2 aliphatic rings. The number of ether oxygens (including phenoxy) is 1. The highest BCUT2D eigenvalue weighted by Crippen LogP contribution is 2.29. The Bertz CT molecular complexity index is 851. The minimum absolute atomic E-state index is 0.331. The van der Waals surface area contributed by atoms with Crippen LogP contribution < -0.4 is 10.6 Å². The van der Waals surface area contributed by atoms with Crippen molar-refractivity contribution >= 4 is 28.5 Å². The first kappa shape index (κ1) is 17.9. The van der Waals surface area contributed by atoms with Crippen molar-refractivity contribution < 1.29 is 9.53 Å². The number of nitrogens with zero attached hydrogens (tertiary/aromatic N) is 2. The lowest BCUT2D eigenvalue weighted by atomic mass is 10.1. The van der Waals surface area contributed by atoms with Crippen LogP contribution >= 0.6 is 0 Å². The summed E-state index contributed by atoms with van der Waals surface area (Å²) in [5, 5.41) is 7.84. The first-order chi connectivity index (χ1) is 13.3. The maximum Gasteiger partial charge on any atom is 0.337 e. The second-order valence-corrected chi connectivity index (χ2v) is 7.15. The van der Waals surface area contributed by atoms with E-state index in [4.69, 9.17) is 4.74 Å². The largest absolute Gasteiger partial charge is 0.465 e. The Balaban J connectivity index is 1.45. The van der Waals surface area contributed by atoms with Gasteiger partial charge < -0.3 is 25.3 Å². The third kappa shape index (κ3) is 3.78. The first-order valence-electron chi connectivity index (χ1n) is 9.75. The normalized spacial score (nSPS) is 17.1. The van der Waals surface area contributed by atoms with Gasteiger partial charge in [-0.15, -0.1) is 0 Å². The summed E-state index contributed by atoms with van der Waals surface area (Å²) in [7, 11) is 1.40. The molecular formula is C20H27N5O2. The van der Waals surface area contributed by atoms with Gasteiger partial charge in [0, 0.05) is 17.4 Å². The summed E-state index contributed by atoms with van der Waals surface area (Å²) in [6.07, 6.45) is 5.15. The average Bonchev–Trinajstić information content (AvgIpc) is 3.09. The number of fused-ring (bicyclic) bond motifs is 3. The van der Waals surface area contributed by atoms with Crippen LogP contribution in [0.5, 0.6) is 0 Å². The zero-order valence-corrected chi connectivity index (χ0v) is 15.8. The molecule has 27 heavy (non-hydrogen) atoms. The van der Waals surface area contributed by atoms with Gasteiger partial charge in [-0.3, -0.25) is 0 Å². The second kappa shape index (κ2) is 8.00. The molecule has 0 saturated carbocycles. The van der Waals surface area contributed by atoms with Gasteiger partial charge in [-0.25, -0.2) is 9.79 Å². The van der Waals surface area contributed by atoms with Crippen LogP contribution in [0.15, 0.2) is 23.2 Å². The molecule has 0 aliphatic carbocycles. The number of esters is 1. The van der Waals surface area contributed by atoms with Crippen molar-refractivity contribution in [3.8, 4) is 0 Å². The summed E-state index contributed by atoms with van der Waals surface area (Å²) in [6.45, 7) is 5.06. The number of hydrogen-bond acceptors (Lipinski definition) is 6. The summed E-state index contributed by atoms with van der Waals surface area (Å²) >= 11 is 0. The fraction of sp³-hybridized carbons (Fsp3) is 0.500. The molecule has 3 N–H and O–H groups in total. The maximum atomic E-state index is 11.8. The summed E-state index contributed by atoms with van der Waals surface area (Å²) in [5.74, 6) is 1.53. The van der Waals surface area contributed by atoms with Crippen LogP contribution in [-0.2, 0) is 4.74 Å². The number of aromatic nitrogens is 1. The Hall–Kier alpha value is -2.54. The van der Waals surface area contributed by atoms with E-state index in [1.54, 1.807) is 6.07 Å². The fourth-order valence-corrected chi connectivity index (χ4v) is 3.93. The van der Waals surface area contributed by atoms with Crippen LogP contribution in [0.2, 0.25) is 0 Å². The Morgan fingerprint density at radius 2 is 2.15 bits per heavy atom. The number of carbonyl (C=O) groups excluding carboxylic acids is 1. The van der Waals surface area contributed by atoms with Gasteiger partial charge in [-0.05, 0) is 51.0 Å². The number of methoxy groups -OCH3 is 1. The van der Waals surface area contributed by atoms with Crippen LogP contribution in [0.4, 0.5) is 5.82 Å². The number of hydrogen-bond donors (Lipinski definition) is 3. The Kier molecular flexibility index (Phi) is 5.29. The monoisotopic (exact) mass is 369 g/mol. The van der Waals surface area contributed by atoms with Gasteiger partial charge >= 0.3 is 5.97 Å². The fourth-order valence-electron chi connectivity index (χ4n) is 3.93. The molecular weight excluding hydrogens is 342 g/mol. The van der Waals surface area contributed by atoms with Crippen molar-refractivity contribution in [3.05, 3.63) is 29.3 Å². The van der Waals surface area contributed by atoms with E-state index < -0.39 is 0 Å². The van der Waals surface area contributed by atoms with E-state index in [-0.39, 0.29) is 5.97 Å². The van der Waals surface area contributed by atoms with Crippen LogP contribution in [0.25, 0.3) is 10.9 Å². The molecule has 1 saturated heterocycles. The van der Waals surface area contributed by atoms with Gasteiger partial charge in [-0.1, -0.05) is 12.5 Å². The lowest BCUT2D eigenvalue weighted by Crippen LogP contribution is -2.34. The molecule has 0 bridgehead atoms. The van der Waals surface area contributed by atoms with Gasteiger partial charge in [0.25, 0.3) is 0 Å². The highest BCUT2D eigenvalue weighted by atomic mass is 16.5. The van der Waals surface area contributed by atoms with Crippen LogP contribution in [0.1, 0.15) is 41.6 Å². The van der Waals surface area contributed by atoms with E-state index in [0.29, 0.717) is 12.2 Å². The number of carbonyl (C=O) groups is 1. The van der Waals surface area contributed by atoms with E-state index in [9.17, 15) is 4.79 Å². The number of aliphatic imine (C=N–C) groups is 1. The minimum atomic E-state index is -0.331. The van der Waals surface area contributed by atoms with Crippen molar-refractivity contribution in [3.63, 3.8) is 0 Å². The first-order valence-corrected chi connectivity index (χ1v) is 9.75. The number of nitrogens with one attached hydrogen (secondary N) is 3. The van der Waals surface area contributed by atoms with E-state index in [2.05, 4.69) is 25.5 Å². The zero-order valence-electron chi connectivity index (χ0n) is 15.8. The predicted octanol–water partition coefficient (Wildman–Crippen LogP) is 2.55. The molecule has 2 aromatic rings. The summed E-state index contributed by atoms with van der Waals surface area (Å²) in [6, 6.07) is 5.58. The SMILES string of the molecule is COC(=O)c1ccc2c3c([nH]c2c1)NCN=C3NCCCN1CCCCC1. The number of amidine groups is 1. The number of benzene rings is 1. The number of rotatable bonds is 5. The van der Waals surface area contributed by atoms with Crippen LogP contribution in [0, 0.1) is 0 Å². The maximum absolute atomic E-state index is 11.8. The molecule has 0 spiro atoms. The highest BCUT2D eigenvalue weighted by molar-refractivity contribution is 6.15.